The summed E-state index contributed by atoms with van der Waals surface area (Å²) in [6.45, 7) is 11.3. The molecule has 0 aromatic carbocycles. The molecule has 1 unspecified atom stereocenters. The average molecular weight is 172 g/mol. The Morgan fingerprint density at radius 3 is 2.17 bits per heavy atom. The Balaban J connectivity index is 3.78. The molecule has 0 aromatic rings. The molecule has 0 heterocycles. The Bertz CT molecular complexity index is 115. The largest absolute Gasteiger partial charge is 0.318 e. The topological polar surface area (TPSA) is 15.3 Å². The van der Waals surface area contributed by atoms with Gasteiger partial charge in [-0.05, 0) is 26.4 Å². The van der Waals surface area contributed by atoms with E-state index in [2.05, 4.69) is 45.0 Å². The van der Waals surface area contributed by atoms with E-state index in [4.69, 9.17) is 0 Å². The minimum atomic E-state index is 0.400. The van der Waals surface area contributed by atoms with E-state index in [1.165, 1.54) is 0 Å². The SMILES string of the molecule is CNCC(C)N(C)CC(C)(C)C. The van der Waals surface area contributed by atoms with E-state index < -0.39 is 0 Å². The van der Waals surface area contributed by atoms with Crippen molar-refractivity contribution in [2.75, 3.05) is 27.2 Å². The molecule has 0 saturated heterocycles. The van der Waals surface area contributed by atoms with Gasteiger partial charge in [0.15, 0.2) is 0 Å². The summed E-state index contributed by atoms with van der Waals surface area (Å²) in [4.78, 5) is 2.40. The summed E-state index contributed by atoms with van der Waals surface area (Å²) in [5.41, 5.74) is 0.400. The Labute approximate surface area is 77.3 Å². The minimum Gasteiger partial charge on any atom is -0.318 e. The van der Waals surface area contributed by atoms with Crippen LogP contribution in [0.15, 0.2) is 0 Å². The second-order valence-electron chi connectivity index (χ2n) is 4.88. The van der Waals surface area contributed by atoms with Crippen LogP contribution in [-0.4, -0.2) is 38.1 Å². The van der Waals surface area contributed by atoms with Gasteiger partial charge in [0, 0.05) is 19.1 Å². The van der Waals surface area contributed by atoms with Crippen LogP contribution in [0.1, 0.15) is 27.7 Å². The van der Waals surface area contributed by atoms with Crippen LogP contribution in [-0.2, 0) is 0 Å². The highest BCUT2D eigenvalue weighted by molar-refractivity contribution is 4.71. The first-order valence-corrected chi connectivity index (χ1v) is 4.71. The summed E-state index contributed by atoms with van der Waals surface area (Å²) >= 11 is 0. The van der Waals surface area contributed by atoms with Crippen LogP contribution in [0.5, 0.6) is 0 Å². The van der Waals surface area contributed by atoms with E-state index in [0.29, 0.717) is 11.5 Å². The Morgan fingerprint density at radius 1 is 1.33 bits per heavy atom. The molecule has 0 amide bonds. The van der Waals surface area contributed by atoms with E-state index in [-0.39, 0.29) is 0 Å². The van der Waals surface area contributed by atoms with E-state index in [0.717, 1.165) is 13.1 Å². The van der Waals surface area contributed by atoms with E-state index in [9.17, 15) is 0 Å². The van der Waals surface area contributed by atoms with Crippen molar-refractivity contribution in [3.8, 4) is 0 Å². The third-order valence-electron chi connectivity index (χ3n) is 1.98. The zero-order chi connectivity index (χ0) is 9.78. The fourth-order valence-electron chi connectivity index (χ4n) is 1.36. The van der Waals surface area contributed by atoms with Crippen molar-refractivity contribution in [3.05, 3.63) is 0 Å². The molecule has 0 radical (unpaired) electrons. The molecule has 12 heavy (non-hydrogen) atoms. The summed E-state index contributed by atoms with van der Waals surface area (Å²) in [6, 6.07) is 0.620. The van der Waals surface area contributed by atoms with Crippen molar-refractivity contribution < 1.29 is 0 Å². The number of hydrogen-bond acceptors (Lipinski definition) is 2. The molecule has 1 atom stereocenters. The lowest BCUT2D eigenvalue weighted by atomic mass is 9.96. The van der Waals surface area contributed by atoms with Crippen LogP contribution < -0.4 is 5.32 Å². The molecule has 1 N–H and O–H groups in total. The van der Waals surface area contributed by atoms with Crippen LogP contribution in [0.2, 0.25) is 0 Å². The van der Waals surface area contributed by atoms with E-state index in [1.54, 1.807) is 0 Å². The van der Waals surface area contributed by atoms with Gasteiger partial charge in [0.2, 0.25) is 0 Å². The van der Waals surface area contributed by atoms with Crippen molar-refractivity contribution in [3.63, 3.8) is 0 Å². The third kappa shape index (κ3) is 5.56. The highest BCUT2D eigenvalue weighted by atomic mass is 15.1. The predicted octanol–water partition coefficient (Wildman–Crippen LogP) is 1.57. The number of likely N-dealkylation sites (N-methyl/N-ethyl adjacent to an activating group) is 2. The molecule has 74 valence electrons. The lowest BCUT2D eigenvalue weighted by Crippen LogP contribution is -2.41. The molecule has 0 aliphatic carbocycles. The molecular weight excluding hydrogens is 148 g/mol. The summed E-state index contributed by atoms with van der Waals surface area (Å²) < 4.78 is 0. The first kappa shape index (κ1) is 11.9. The Kier molecular flexibility index (Phi) is 4.80. The number of hydrogen-bond donors (Lipinski definition) is 1. The van der Waals surface area contributed by atoms with Gasteiger partial charge in [0.05, 0.1) is 0 Å². The van der Waals surface area contributed by atoms with E-state index in [1.807, 2.05) is 7.05 Å². The molecule has 0 saturated carbocycles. The van der Waals surface area contributed by atoms with Crippen molar-refractivity contribution in [1.82, 2.24) is 10.2 Å². The smallest absolute Gasteiger partial charge is 0.0189 e. The lowest BCUT2D eigenvalue weighted by molar-refractivity contribution is 0.180. The first-order chi connectivity index (χ1) is 5.37. The van der Waals surface area contributed by atoms with Crippen molar-refractivity contribution in [1.29, 1.82) is 0 Å². The fourth-order valence-corrected chi connectivity index (χ4v) is 1.36. The molecule has 0 aliphatic rings. The quantitative estimate of drug-likeness (QED) is 0.692. The van der Waals surface area contributed by atoms with Gasteiger partial charge in [-0.25, -0.2) is 0 Å². The molecular formula is C10H24N2. The van der Waals surface area contributed by atoms with Crippen LogP contribution >= 0.6 is 0 Å². The van der Waals surface area contributed by atoms with Crippen LogP contribution in [0, 0.1) is 5.41 Å². The standard InChI is InChI=1S/C10H24N2/c1-9(7-11-5)12(6)8-10(2,3)4/h9,11H,7-8H2,1-6H3. The first-order valence-electron chi connectivity index (χ1n) is 4.71. The predicted molar refractivity (Wildman–Crippen MR) is 55.5 cm³/mol. The summed E-state index contributed by atoms with van der Waals surface area (Å²) in [6.07, 6.45) is 0. The molecule has 2 heteroatoms. The normalized spacial score (nSPS) is 15.2. The zero-order valence-electron chi connectivity index (χ0n) is 9.44. The molecule has 0 bridgehead atoms. The average Bonchev–Trinajstić information content (AvgIpc) is 1.84. The van der Waals surface area contributed by atoms with Gasteiger partial charge >= 0.3 is 0 Å². The molecule has 0 rings (SSSR count). The van der Waals surface area contributed by atoms with Crippen molar-refractivity contribution in [2.24, 2.45) is 5.41 Å². The summed E-state index contributed by atoms with van der Waals surface area (Å²) in [5.74, 6) is 0. The third-order valence-corrected chi connectivity index (χ3v) is 1.98. The Hall–Kier alpha value is -0.0800. The van der Waals surface area contributed by atoms with Crippen LogP contribution in [0.4, 0.5) is 0 Å². The number of nitrogens with one attached hydrogen (secondary N) is 1. The summed E-state index contributed by atoms with van der Waals surface area (Å²) in [5, 5.41) is 3.19. The van der Waals surface area contributed by atoms with Gasteiger partial charge in [-0.1, -0.05) is 20.8 Å². The number of nitrogens with zero attached hydrogens (tertiary/aromatic N) is 1. The van der Waals surface area contributed by atoms with Gasteiger partial charge in [-0.3, -0.25) is 0 Å². The second-order valence-corrected chi connectivity index (χ2v) is 4.88. The van der Waals surface area contributed by atoms with Crippen molar-refractivity contribution >= 4 is 0 Å². The molecule has 0 spiro atoms. The van der Waals surface area contributed by atoms with E-state index >= 15 is 0 Å². The maximum atomic E-state index is 3.19. The lowest BCUT2D eigenvalue weighted by Gasteiger charge is -2.31. The monoisotopic (exact) mass is 172 g/mol. The van der Waals surface area contributed by atoms with Gasteiger partial charge in [0.25, 0.3) is 0 Å². The Morgan fingerprint density at radius 2 is 1.83 bits per heavy atom. The van der Waals surface area contributed by atoms with Crippen molar-refractivity contribution in [2.45, 2.75) is 33.7 Å². The maximum Gasteiger partial charge on any atom is 0.0189 e. The zero-order valence-corrected chi connectivity index (χ0v) is 9.44. The van der Waals surface area contributed by atoms with Crippen LogP contribution in [0.3, 0.4) is 0 Å². The highest BCUT2D eigenvalue weighted by Gasteiger charge is 2.16. The van der Waals surface area contributed by atoms with Gasteiger partial charge < -0.3 is 10.2 Å². The molecule has 2 nitrogen and oxygen atoms in total. The van der Waals surface area contributed by atoms with Gasteiger partial charge in [-0.2, -0.15) is 0 Å². The van der Waals surface area contributed by atoms with Gasteiger partial charge in [0.1, 0.15) is 0 Å². The minimum absolute atomic E-state index is 0.400. The second kappa shape index (κ2) is 4.83. The molecule has 0 aliphatic heterocycles. The maximum absolute atomic E-state index is 3.19. The summed E-state index contributed by atoms with van der Waals surface area (Å²) in [7, 11) is 4.19. The van der Waals surface area contributed by atoms with Crippen LogP contribution in [0.25, 0.3) is 0 Å². The van der Waals surface area contributed by atoms with Gasteiger partial charge in [-0.15, -0.1) is 0 Å². The molecule has 0 fully saturated rings. The number of rotatable bonds is 4. The molecule has 0 aromatic heterocycles. The fraction of sp³-hybridized carbons (Fsp3) is 1.00. The highest BCUT2D eigenvalue weighted by Crippen LogP contribution is 2.15.